The lowest BCUT2D eigenvalue weighted by molar-refractivity contribution is -0.134. The summed E-state index contributed by atoms with van der Waals surface area (Å²) in [5, 5.41) is 0. The van der Waals surface area contributed by atoms with Crippen LogP contribution in [0.4, 0.5) is 0 Å². The topological polar surface area (TPSA) is 40.6 Å². The molecule has 1 aliphatic heterocycles. The monoisotopic (exact) mass is 735 g/mol. The molecule has 1 rings (SSSR count). The molecule has 1 saturated heterocycles. The molecule has 0 N–H and O–H groups in total. The molecule has 0 aliphatic carbocycles. The standard InChI is InChI=1S/C41H78N2O2.C3H8.2C2H6/c1-5-6-7-8-9-14-19-25-37-43(41(45)33-24-26-34-42-35-27-28-36-42)40(31-22-17-12-10-15-20-29-38(2)3)32-23-18-13-11-16-21-30-39(4)44;1-3-2;2*1-2/h40H,2,5-37H2,1,3-4H3;3H2,1-2H3;2*1-2H3. The Bertz CT molecular complexity index is 700. The van der Waals surface area contributed by atoms with Crippen molar-refractivity contribution in [2.75, 3.05) is 26.2 Å². The van der Waals surface area contributed by atoms with E-state index in [9.17, 15) is 9.59 Å². The van der Waals surface area contributed by atoms with Crippen LogP contribution in [0.5, 0.6) is 0 Å². The highest BCUT2D eigenvalue weighted by molar-refractivity contribution is 5.76. The average Bonchev–Trinajstić information content (AvgIpc) is 3.66. The fourth-order valence-corrected chi connectivity index (χ4v) is 7.12. The molecule has 52 heavy (non-hydrogen) atoms. The van der Waals surface area contributed by atoms with Crippen LogP contribution in [0.15, 0.2) is 12.2 Å². The van der Waals surface area contributed by atoms with Gasteiger partial charge in [0.15, 0.2) is 0 Å². The van der Waals surface area contributed by atoms with Gasteiger partial charge in [-0.15, -0.1) is 6.58 Å². The van der Waals surface area contributed by atoms with Crippen LogP contribution < -0.4 is 0 Å². The molecule has 1 fully saturated rings. The minimum atomic E-state index is 0.321. The number of unbranched alkanes of at least 4 members (excludes halogenated alkanes) is 18. The first-order valence-electron chi connectivity index (χ1n) is 23.5. The summed E-state index contributed by atoms with van der Waals surface area (Å²) >= 11 is 0. The van der Waals surface area contributed by atoms with Crippen molar-refractivity contribution >= 4 is 11.7 Å². The van der Waals surface area contributed by atoms with E-state index in [-0.39, 0.29) is 0 Å². The van der Waals surface area contributed by atoms with Crippen LogP contribution in [-0.2, 0) is 9.59 Å². The highest BCUT2D eigenvalue weighted by Gasteiger charge is 2.23. The van der Waals surface area contributed by atoms with E-state index in [4.69, 9.17) is 0 Å². The van der Waals surface area contributed by atoms with Crippen LogP contribution in [0.3, 0.4) is 0 Å². The molecular weight excluding hydrogens is 637 g/mol. The van der Waals surface area contributed by atoms with Crippen molar-refractivity contribution in [3.8, 4) is 0 Å². The van der Waals surface area contributed by atoms with Gasteiger partial charge in [0.2, 0.25) is 5.91 Å². The summed E-state index contributed by atoms with van der Waals surface area (Å²) in [6.07, 6.45) is 36.7. The van der Waals surface area contributed by atoms with Gasteiger partial charge in [-0.3, -0.25) is 4.79 Å². The molecule has 0 aromatic carbocycles. The van der Waals surface area contributed by atoms with Crippen LogP contribution in [0.1, 0.15) is 255 Å². The summed E-state index contributed by atoms with van der Waals surface area (Å²) in [7, 11) is 0. The molecule has 4 heteroatoms. The van der Waals surface area contributed by atoms with Crippen LogP contribution in [0.2, 0.25) is 0 Å². The van der Waals surface area contributed by atoms with E-state index in [1.807, 2.05) is 27.7 Å². The summed E-state index contributed by atoms with van der Waals surface area (Å²) in [4.78, 5) is 30.0. The highest BCUT2D eigenvalue weighted by atomic mass is 16.2. The third-order valence-corrected chi connectivity index (χ3v) is 10.0. The Kier molecular flexibility index (Phi) is 48.8. The molecule has 0 saturated carbocycles. The van der Waals surface area contributed by atoms with Crippen molar-refractivity contribution in [2.45, 2.75) is 261 Å². The maximum absolute atomic E-state index is 13.8. The molecule has 1 heterocycles. The molecule has 0 bridgehead atoms. The lowest BCUT2D eigenvalue weighted by atomic mass is 9.97. The molecule has 0 aromatic rings. The molecule has 1 atom stereocenters. The zero-order valence-electron chi connectivity index (χ0n) is 37.5. The Labute approximate surface area is 329 Å². The third kappa shape index (κ3) is 40.0. The smallest absolute Gasteiger partial charge is 0.222 e. The van der Waals surface area contributed by atoms with Gasteiger partial charge in [-0.1, -0.05) is 170 Å². The fraction of sp³-hybridized carbons (Fsp3) is 0.917. The predicted molar refractivity (Wildman–Crippen MR) is 236 cm³/mol. The molecular formula is C48H98N2O2. The van der Waals surface area contributed by atoms with Gasteiger partial charge in [-0.2, -0.15) is 0 Å². The Morgan fingerprint density at radius 3 is 1.42 bits per heavy atom. The van der Waals surface area contributed by atoms with Crippen molar-refractivity contribution in [1.29, 1.82) is 0 Å². The summed E-state index contributed by atoms with van der Waals surface area (Å²) in [5.41, 5.74) is 1.31. The van der Waals surface area contributed by atoms with E-state index in [1.165, 1.54) is 186 Å². The van der Waals surface area contributed by atoms with Gasteiger partial charge >= 0.3 is 0 Å². The van der Waals surface area contributed by atoms with Gasteiger partial charge in [-0.25, -0.2) is 0 Å². The molecule has 1 aliphatic rings. The minimum Gasteiger partial charge on any atom is -0.340 e. The number of carbonyl (C=O) groups is 2. The van der Waals surface area contributed by atoms with E-state index in [1.54, 1.807) is 6.92 Å². The van der Waals surface area contributed by atoms with E-state index in [0.29, 0.717) is 17.7 Å². The molecule has 312 valence electrons. The normalized spacial score (nSPS) is 12.9. The Morgan fingerprint density at radius 1 is 0.558 bits per heavy atom. The van der Waals surface area contributed by atoms with Gasteiger partial charge < -0.3 is 14.6 Å². The second-order valence-corrected chi connectivity index (χ2v) is 15.4. The largest absolute Gasteiger partial charge is 0.340 e. The van der Waals surface area contributed by atoms with Gasteiger partial charge in [-0.05, 0) is 97.7 Å². The number of amides is 1. The second-order valence-electron chi connectivity index (χ2n) is 15.4. The third-order valence-electron chi connectivity index (χ3n) is 10.0. The molecule has 1 amide bonds. The molecule has 4 nitrogen and oxygen atoms in total. The van der Waals surface area contributed by atoms with Crippen molar-refractivity contribution in [3.63, 3.8) is 0 Å². The summed E-state index contributed by atoms with van der Waals surface area (Å²) in [6, 6.07) is 0.418. The number of nitrogens with zero attached hydrogens (tertiary/aromatic N) is 2. The van der Waals surface area contributed by atoms with Crippen LogP contribution >= 0.6 is 0 Å². The van der Waals surface area contributed by atoms with E-state index in [0.717, 1.165) is 38.6 Å². The molecule has 0 aromatic heterocycles. The minimum absolute atomic E-state index is 0.321. The van der Waals surface area contributed by atoms with E-state index in [2.05, 4.69) is 44.1 Å². The average molecular weight is 735 g/mol. The zero-order chi connectivity index (χ0) is 39.5. The first-order valence-corrected chi connectivity index (χ1v) is 23.5. The molecule has 0 radical (unpaired) electrons. The molecule has 0 spiro atoms. The predicted octanol–water partition coefficient (Wildman–Crippen LogP) is 15.5. The number of rotatable bonds is 33. The fourth-order valence-electron chi connectivity index (χ4n) is 7.12. The van der Waals surface area contributed by atoms with Crippen molar-refractivity contribution in [3.05, 3.63) is 12.2 Å². The van der Waals surface area contributed by atoms with Crippen LogP contribution in [-0.4, -0.2) is 53.7 Å². The van der Waals surface area contributed by atoms with Gasteiger partial charge in [0.05, 0.1) is 0 Å². The quantitative estimate of drug-likeness (QED) is 0.0498. The van der Waals surface area contributed by atoms with E-state index >= 15 is 0 Å². The number of Topliss-reactive ketones (excluding diaryl/α,β-unsaturated/α-hetero) is 1. The highest BCUT2D eigenvalue weighted by Crippen LogP contribution is 2.22. The van der Waals surface area contributed by atoms with Crippen molar-refractivity contribution < 1.29 is 9.59 Å². The van der Waals surface area contributed by atoms with Gasteiger partial charge in [0.25, 0.3) is 0 Å². The molecule has 1 unspecified atom stereocenters. The zero-order valence-corrected chi connectivity index (χ0v) is 37.5. The number of hydrogen-bond acceptors (Lipinski definition) is 3. The SMILES string of the molecule is C=C(C)CCCCCCCCC(CCCCCCCCC(C)=O)N(CCCCCCCCCC)C(=O)CCCCN1CCCC1.CC.CC.CCC. The maximum atomic E-state index is 13.8. The van der Waals surface area contributed by atoms with Crippen molar-refractivity contribution in [2.24, 2.45) is 0 Å². The van der Waals surface area contributed by atoms with E-state index < -0.39 is 0 Å². The van der Waals surface area contributed by atoms with Crippen molar-refractivity contribution in [1.82, 2.24) is 9.80 Å². The Hall–Kier alpha value is -1.16. The first-order chi connectivity index (χ1) is 25.3. The number of allylic oxidation sites excluding steroid dienone is 1. The van der Waals surface area contributed by atoms with Crippen LogP contribution in [0.25, 0.3) is 0 Å². The van der Waals surface area contributed by atoms with Gasteiger partial charge in [0, 0.05) is 25.4 Å². The van der Waals surface area contributed by atoms with Crippen LogP contribution in [0, 0.1) is 0 Å². The number of ketones is 1. The lowest BCUT2D eigenvalue weighted by Gasteiger charge is -2.33. The maximum Gasteiger partial charge on any atom is 0.222 e. The lowest BCUT2D eigenvalue weighted by Crippen LogP contribution is -2.41. The number of likely N-dealkylation sites (tertiary alicyclic amines) is 1. The summed E-state index contributed by atoms with van der Waals surface area (Å²) < 4.78 is 0. The number of hydrogen-bond donors (Lipinski definition) is 0. The first kappa shape index (κ1) is 55.2. The Morgan fingerprint density at radius 2 is 0.962 bits per heavy atom. The summed E-state index contributed by atoms with van der Waals surface area (Å²) in [5.74, 6) is 0.760. The summed E-state index contributed by atoms with van der Waals surface area (Å²) in [6.45, 7) is 27.1. The second kappa shape index (κ2) is 46.0. The Balaban J connectivity index is -0.00000319. The van der Waals surface area contributed by atoms with Gasteiger partial charge in [0.1, 0.15) is 5.78 Å². The number of carbonyl (C=O) groups excluding carboxylic acids is 2.